The normalized spacial score (nSPS) is 17.1. The fraction of sp³-hybridized carbons (Fsp3) is 0.118. The number of hydrogen-bond acceptors (Lipinski definition) is 5. The van der Waals surface area contributed by atoms with Crippen LogP contribution in [-0.4, -0.2) is 22.2 Å². The van der Waals surface area contributed by atoms with E-state index < -0.39 is 5.25 Å². The highest BCUT2D eigenvalue weighted by Gasteiger charge is 2.27. The number of thioether (sulfide) groups is 1. The van der Waals surface area contributed by atoms with E-state index in [0.717, 1.165) is 17.5 Å². The van der Waals surface area contributed by atoms with Gasteiger partial charge in [-0.05, 0) is 36.4 Å². The summed E-state index contributed by atoms with van der Waals surface area (Å²) in [5, 5.41) is 2.33. The van der Waals surface area contributed by atoms with Gasteiger partial charge in [-0.15, -0.1) is 0 Å². The van der Waals surface area contributed by atoms with Crippen molar-refractivity contribution in [3.63, 3.8) is 0 Å². The zero-order chi connectivity index (χ0) is 16.9. The number of amidine groups is 1. The molecular weight excluding hydrogens is 326 g/mol. The molecule has 0 saturated carbocycles. The number of nitrogens with zero attached hydrogens (tertiary/aromatic N) is 1. The summed E-state index contributed by atoms with van der Waals surface area (Å²) in [5.74, 6) is 0.750. The second-order valence-electron chi connectivity index (χ2n) is 5.08. The third-order valence-corrected chi connectivity index (χ3v) is 4.25. The van der Waals surface area contributed by atoms with E-state index in [4.69, 9.17) is 10.5 Å². The molecule has 0 bridgehead atoms. The van der Waals surface area contributed by atoms with Crippen LogP contribution in [0.4, 0.5) is 5.69 Å². The zero-order valence-electron chi connectivity index (χ0n) is 12.6. The van der Waals surface area contributed by atoms with E-state index in [0.29, 0.717) is 11.4 Å². The molecule has 24 heavy (non-hydrogen) atoms. The molecule has 2 aromatic rings. The third kappa shape index (κ3) is 4.14. The number of anilines is 1. The Labute approximate surface area is 143 Å². The molecule has 0 spiro atoms. The van der Waals surface area contributed by atoms with Crippen LogP contribution in [0.2, 0.25) is 0 Å². The first-order valence-electron chi connectivity index (χ1n) is 7.27. The molecule has 1 heterocycles. The Balaban J connectivity index is 1.61. The molecule has 3 N–H and O–H groups in total. The molecule has 1 aliphatic rings. The van der Waals surface area contributed by atoms with Crippen molar-refractivity contribution in [2.24, 2.45) is 10.7 Å². The molecule has 3 rings (SSSR count). The highest BCUT2D eigenvalue weighted by atomic mass is 32.2. The average molecular weight is 341 g/mol. The number of hydrogen-bond donors (Lipinski definition) is 2. The van der Waals surface area contributed by atoms with Crippen molar-refractivity contribution < 1.29 is 14.3 Å². The van der Waals surface area contributed by atoms with Crippen molar-refractivity contribution in [2.75, 3.05) is 5.32 Å². The summed E-state index contributed by atoms with van der Waals surface area (Å²) < 4.78 is 5.69. The van der Waals surface area contributed by atoms with Crippen molar-refractivity contribution >= 4 is 34.4 Å². The maximum Gasteiger partial charge on any atom is 0.249 e. The van der Waals surface area contributed by atoms with Crippen LogP contribution in [-0.2, 0) is 9.59 Å². The molecule has 1 aliphatic heterocycles. The van der Waals surface area contributed by atoms with Crippen molar-refractivity contribution in [1.82, 2.24) is 0 Å². The van der Waals surface area contributed by atoms with Crippen LogP contribution in [0, 0.1) is 0 Å². The molecule has 0 aliphatic carbocycles. The molecule has 0 radical (unpaired) electrons. The van der Waals surface area contributed by atoms with Crippen LogP contribution in [0.3, 0.4) is 0 Å². The number of aliphatic imine (C=N–C) groups is 1. The highest BCUT2D eigenvalue weighted by Crippen LogP contribution is 2.25. The number of carbonyl (C=O) groups excluding carboxylic acids is 2. The number of nitrogens with two attached hydrogens (primary N) is 1. The van der Waals surface area contributed by atoms with E-state index in [1.165, 1.54) is 0 Å². The lowest BCUT2D eigenvalue weighted by atomic mass is 10.2. The van der Waals surface area contributed by atoms with Crippen LogP contribution in [0.1, 0.15) is 6.42 Å². The van der Waals surface area contributed by atoms with Gasteiger partial charge in [0.25, 0.3) is 0 Å². The molecule has 2 amide bonds. The standard InChI is InChI=1S/C17H15N3O3S/c18-17-20-15(21)10-14(24-17)16(22)19-11-6-8-13(9-7-11)23-12-4-2-1-3-5-12/h1-9,14H,10H2,(H,19,22)(H2,18,20,21)/t14-/m1/s1. The lowest BCUT2D eigenvalue weighted by Crippen LogP contribution is -2.33. The maximum absolute atomic E-state index is 12.2. The Morgan fingerprint density at radius 3 is 2.46 bits per heavy atom. The summed E-state index contributed by atoms with van der Waals surface area (Å²) >= 11 is 1.09. The van der Waals surface area contributed by atoms with E-state index in [-0.39, 0.29) is 23.4 Å². The molecule has 0 saturated heterocycles. The first-order chi connectivity index (χ1) is 11.6. The first kappa shape index (κ1) is 16.1. The molecular formula is C17H15N3O3S. The lowest BCUT2D eigenvalue weighted by molar-refractivity contribution is -0.121. The van der Waals surface area contributed by atoms with E-state index in [9.17, 15) is 9.59 Å². The number of benzene rings is 2. The number of rotatable bonds is 4. The van der Waals surface area contributed by atoms with Crippen LogP contribution in [0.15, 0.2) is 59.6 Å². The Hall–Kier alpha value is -2.80. The Kier molecular flexibility index (Phi) is 4.81. The number of amides is 2. The van der Waals surface area contributed by atoms with E-state index in [1.807, 2.05) is 30.3 Å². The number of para-hydroxylation sites is 1. The monoisotopic (exact) mass is 341 g/mol. The summed E-state index contributed by atoms with van der Waals surface area (Å²) in [6.45, 7) is 0. The van der Waals surface area contributed by atoms with Crippen LogP contribution >= 0.6 is 11.8 Å². The summed E-state index contributed by atoms with van der Waals surface area (Å²) in [4.78, 5) is 27.2. The molecule has 7 heteroatoms. The van der Waals surface area contributed by atoms with Gasteiger partial charge in [0.2, 0.25) is 11.8 Å². The largest absolute Gasteiger partial charge is 0.457 e. The second-order valence-corrected chi connectivity index (χ2v) is 6.31. The summed E-state index contributed by atoms with van der Waals surface area (Å²) in [5.41, 5.74) is 6.16. The SMILES string of the molecule is NC1=NC(=O)C[C@H](C(=O)Nc2ccc(Oc3ccccc3)cc2)S1. The van der Waals surface area contributed by atoms with Crippen molar-refractivity contribution in [3.8, 4) is 11.5 Å². The van der Waals surface area contributed by atoms with Gasteiger partial charge in [0.15, 0.2) is 5.17 Å². The number of nitrogens with one attached hydrogen (secondary N) is 1. The van der Waals surface area contributed by atoms with Crippen LogP contribution < -0.4 is 15.8 Å². The van der Waals surface area contributed by atoms with Gasteiger partial charge >= 0.3 is 0 Å². The fourth-order valence-electron chi connectivity index (χ4n) is 2.14. The summed E-state index contributed by atoms with van der Waals surface area (Å²) in [6, 6.07) is 16.4. The van der Waals surface area contributed by atoms with Crippen LogP contribution in [0.25, 0.3) is 0 Å². The Morgan fingerprint density at radius 2 is 1.79 bits per heavy atom. The second kappa shape index (κ2) is 7.18. The number of carbonyl (C=O) groups is 2. The smallest absolute Gasteiger partial charge is 0.249 e. The van der Waals surface area contributed by atoms with Crippen LogP contribution in [0.5, 0.6) is 11.5 Å². The predicted octanol–water partition coefficient (Wildman–Crippen LogP) is 2.76. The predicted molar refractivity (Wildman–Crippen MR) is 94.2 cm³/mol. The van der Waals surface area contributed by atoms with Gasteiger partial charge in [0.1, 0.15) is 16.7 Å². The van der Waals surface area contributed by atoms with Gasteiger partial charge in [-0.1, -0.05) is 30.0 Å². The lowest BCUT2D eigenvalue weighted by Gasteiger charge is -2.17. The summed E-state index contributed by atoms with van der Waals surface area (Å²) in [6.07, 6.45) is 0.0480. The quantitative estimate of drug-likeness (QED) is 0.892. The van der Waals surface area contributed by atoms with Crippen molar-refractivity contribution in [3.05, 3.63) is 54.6 Å². The molecule has 0 aromatic heterocycles. The maximum atomic E-state index is 12.2. The highest BCUT2D eigenvalue weighted by molar-refractivity contribution is 8.15. The van der Waals surface area contributed by atoms with E-state index in [2.05, 4.69) is 10.3 Å². The molecule has 122 valence electrons. The van der Waals surface area contributed by atoms with Gasteiger partial charge in [-0.3, -0.25) is 9.59 Å². The van der Waals surface area contributed by atoms with Gasteiger partial charge in [-0.2, -0.15) is 4.99 Å². The average Bonchev–Trinajstić information content (AvgIpc) is 2.57. The first-order valence-corrected chi connectivity index (χ1v) is 8.15. The minimum Gasteiger partial charge on any atom is -0.457 e. The molecule has 1 atom stereocenters. The fourth-order valence-corrected chi connectivity index (χ4v) is 2.98. The molecule has 6 nitrogen and oxygen atoms in total. The third-order valence-electron chi connectivity index (χ3n) is 3.25. The van der Waals surface area contributed by atoms with E-state index >= 15 is 0 Å². The van der Waals surface area contributed by atoms with Gasteiger partial charge in [0, 0.05) is 5.69 Å². The number of ether oxygens (including phenoxy) is 1. The van der Waals surface area contributed by atoms with Crippen molar-refractivity contribution in [2.45, 2.75) is 11.7 Å². The van der Waals surface area contributed by atoms with Crippen molar-refractivity contribution in [1.29, 1.82) is 0 Å². The minimum absolute atomic E-state index is 0.0480. The van der Waals surface area contributed by atoms with Gasteiger partial charge in [-0.25, -0.2) is 0 Å². The minimum atomic E-state index is -0.560. The molecule has 0 fully saturated rings. The molecule has 2 aromatic carbocycles. The molecule has 0 unspecified atom stereocenters. The van der Waals surface area contributed by atoms with Gasteiger partial charge < -0.3 is 15.8 Å². The van der Waals surface area contributed by atoms with Gasteiger partial charge in [0.05, 0.1) is 6.42 Å². The van der Waals surface area contributed by atoms with E-state index in [1.54, 1.807) is 24.3 Å². The topological polar surface area (TPSA) is 93.8 Å². The summed E-state index contributed by atoms with van der Waals surface area (Å²) in [7, 11) is 0. The Bertz CT molecular complexity index is 775. The zero-order valence-corrected chi connectivity index (χ0v) is 13.5. The Morgan fingerprint density at radius 1 is 1.12 bits per heavy atom.